The van der Waals surface area contributed by atoms with Gasteiger partial charge in [-0.05, 0) is 38.0 Å². The summed E-state index contributed by atoms with van der Waals surface area (Å²) in [7, 11) is 0. The molecule has 3 aliphatic rings. The number of fused-ring (bicyclic) bond motifs is 1. The molecule has 2 atom stereocenters. The minimum Gasteiger partial charge on any atom is -0.389 e. The fourth-order valence-corrected chi connectivity index (χ4v) is 3.87. The molecule has 1 N–H and O–H groups in total. The van der Waals surface area contributed by atoms with Crippen molar-refractivity contribution in [2.24, 2.45) is 11.8 Å². The summed E-state index contributed by atoms with van der Waals surface area (Å²) in [6.07, 6.45) is 9.77. The second kappa shape index (κ2) is 4.84. The molecule has 18 heavy (non-hydrogen) atoms. The summed E-state index contributed by atoms with van der Waals surface area (Å²) in [6, 6.07) is 0. The third-order valence-corrected chi connectivity index (χ3v) is 5.47. The zero-order valence-electron chi connectivity index (χ0n) is 11.2. The second-order valence-electron chi connectivity index (χ2n) is 6.64. The Morgan fingerprint density at radius 3 is 2.72 bits per heavy atom. The highest BCUT2D eigenvalue weighted by molar-refractivity contribution is 5.76. The molecule has 1 aliphatic heterocycles. The molecule has 102 valence electrons. The second-order valence-corrected chi connectivity index (χ2v) is 6.64. The van der Waals surface area contributed by atoms with E-state index in [2.05, 4.69) is 0 Å². The van der Waals surface area contributed by atoms with E-state index in [-0.39, 0.29) is 0 Å². The highest BCUT2D eigenvalue weighted by atomic mass is 16.3. The van der Waals surface area contributed by atoms with E-state index in [1.807, 2.05) is 4.90 Å². The number of carbonyl (C=O) groups is 1. The number of likely N-dealkylation sites (tertiary alicyclic amines) is 1. The van der Waals surface area contributed by atoms with Crippen molar-refractivity contribution in [2.45, 2.75) is 63.4 Å². The molecular weight excluding hydrogens is 226 g/mol. The predicted octanol–water partition coefficient (Wildman–Crippen LogP) is 2.33. The molecule has 3 heteroatoms. The van der Waals surface area contributed by atoms with Crippen LogP contribution < -0.4 is 0 Å². The summed E-state index contributed by atoms with van der Waals surface area (Å²) in [5.41, 5.74) is -0.453. The van der Waals surface area contributed by atoms with Gasteiger partial charge in [0.2, 0.25) is 5.91 Å². The molecule has 2 saturated carbocycles. The molecular formula is C15H25NO2. The molecule has 0 aromatic rings. The van der Waals surface area contributed by atoms with Gasteiger partial charge in [-0.1, -0.05) is 19.3 Å². The Morgan fingerprint density at radius 2 is 2.00 bits per heavy atom. The number of amides is 1. The smallest absolute Gasteiger partial charge is 0.222 e. The zero-order valence-corrected chi connectivity index (χ0v) is 11.2. The molecule has 2 aliphatic carbocycles. The molecule has 0 aromatic carbocycles. The number of hydrogen-bond donors (Lipinski definition) is 1. The van der Waals surface area contributed by atoms with Gasteiger partial charge in [0.05, 0.1) is 5.60 Å². The van der Waals surface area contributed by atoms with Gasteiger partial charge >= 0.3 is 0 Å². The summed E-state index contributed by atoms with van der Waals surface area (Å²) in [6.45, 7) is 1.58. The number of hydrogen-bond acceptors (Lipinski definition) is 2. The van der Waals surface area contributed by atoms with E-state index >= 15 is 0 Å². The first-order valence-corrected chi connectivity index (χ1v) is 7.67. The fourth-order valence-electron chi connectivity index (χ4n) is 3.87. The maximum Gasteiger partial charge on any atom is 0.222 e. The van der Waals surface area contributed by atoms with Crippen LogP contribution in [0.5, 0.6) is 0 Å². The first-order valence-electron chi connectivity index (χ1n) is 7.67. The number of piperidine rings is 1. The first-order chi connectivity index (χ1) is 8.67. The summed E-state index contributed by atoms with van der Waals surface area (Å²) in [4.78, 5) is 14.3. The molecule has 2 unspecified atom stereocenters. The molecule has 3 fully saturated rings. The SMILES string of the molecule is O=C(CC1CCC1)N1CCC2(O)CCCCC2C1. The molecule has 1 heterocycles. The van der Waals surface area contributed by atoms with Crippen molar-refractivity contribution in [3.05, 3.63) is 0 Å². The monoisotopic (exact) mass is 251 g/mol. The van der Waals surface area contributed by atoms with Crippen molar-refractivity contribution in [2.75, 3.05) is 13.1 Å². The quantitative estimate of drug-likeness (QED) is 0.818. The van der Waals surface area contributed by atoms with Crippen molar-refractivity contribution in [1.29, 1.82) is 0 Å². The van der Waals surface area contributed by atoms with Gasteiger partial charge in [-0.2, -0.15) is 0 Å². The molecule has 3 rings (SSSR count). The van der Waals surface area contributed by atoms with Crippen LogP contribution in [0.4, 0.5) is 0 Å². The van der Waals surface area contributed by atoms with Gasteiger partial charge in [-0.25, -0.2) is 0 Å². The lowest BCUT2D eigenvalue weighted by Crippen LogP contribution is -2.54. The first kappa shape index (κ1) is 12.5. The van der Waals surface area contributed by atoms with Crippen molar-refractivity contribution < 1.29 is 9.90 Å². The maximum absolute atomic E-state index is 12.2. The molecule has 0 radical (unpaired) electrons. The van der Waals surface area contributed by atoms with E-state index in [4.69, 9.17) is 0 Å². The van der Waals surface area contributed by atoms with Gasteiger partial charge in [-0.15, -0.1) is 0 Å². The molecule has 3 nitrogen and oxygen atoms in total. The van der Waals surface area contributed by atoms with E-state index in [1.165, 1.54) is 25.7 Å². The average molecular weight is 251 g/mol. The molecule has 0 bridgehead atoms. The lowest BCUT2D eigenvalue weighted by molar-refractivity contribution is -0.144. The number of carbonyl (C=O) groups excluding carboxylic acids is 1. The van der Waals surface area contributed by atoms with Crippen molar-refractivity contribution in [1.82, 2.24) is 4.90 Å². The van der Waals surface area contributed by atoms with Gasteiger partial charge in [0.1, 0.15) is 0 Å². The van der Waals surface area contributed by atoms with Crippen LogP contribution in [-0.4, -0.2) is 34.6 Å². The average Bonchev–Trinajstić information content (AvgIpc) is 2.32. The van der Waals surface area contributed by atoms with Gasteiger partial charge < -0.3 is 10.0 Å². The summed E-state index contributed by atoms with van der Waals surface area (Å²) in [5, 5.41) is 10.6. The summed E-state index contributed by atoms with van der Waals surface area (Å²) >= 11 is 0. The highest BCUT2D eigenvalue weighted by Crippen LogP contribution is 2.40. The Labute approximate surface area is 110 Å². The Hall–Kier alpha value is -0.570. The minimum absolute atomic E-state index is 0.338. The Balaban J connectivity index is 1.57. The topological polar surface area (TPSA) is 40.5 Å². The Kier molecular flexibility index (Phi) is 3.35. The molecule has 0 spiro atoms. The number of nitrogens with zero attached hydrogens (tertiary/aromatic N) is 1. The summed E-state index contributed by atoms with van der Waals surface area (Å²) in [5.74, 6) is 1.34. The standard InChI is InChI=1S/C15H25NO2/c17-14(10-12-4-3-5-12)16-9-8-15(18)7-2-1-6-13(15)11-16/h12-13,18H,1-11H2. The van der Waals surface area contributed by atoms with E-state index in [1.54, 1.807) is 0 Å². The normalized spacial score (nSPS) is 36.9. The van der Waals surface area contributed by atoms with Crippen LogP contribution in [0.2, 0.25) is 0 Å². The molecule has 1 amide bonds. The highest BCUT2D eigenvalue weighted by Gasteiger charge is 2.43. The van der Waals surface area contributed by atoms with E-state index in [0.29, 0.717) is 17.7 Å². The van der Waals surface area contributed by atoms with Crippen LogP contribution >= 0.6 is 0 Å². The van der Waals surface area contributed by atoms with Crippen LogP contribution in [0, 0.1) is 11.8 Å². The van der Waals surface area contributed by atoms with Crippen LogP contribution in [0.1, 0.15) is 57.8 Å². The van der Waals surface area contributed by atoms with Crippen LogP contribution in [0.25, 0.3) is 0 Å². The Bertz CT molecular complexity index is 326. The lowest BCUT2D eigenvalue weighted by Gasteiger charge is -2.47. The van der Waals surface area contributed by atoms with E-state index < -0.39 is 5.60 Å². The van der Waals surface area contributed by atoms with Crippen molar-refractivity contribution in [3.8, 4) is 0 Å². The minimum atomic E-state index is -0.453. The molecule has 1 saturated heterocycles. The lowest BCUT2D eigenvalue weighted by atomic mass is 9.71. The van der Waals surface area contributed by atoms with Gasteiger partial charge in [0.15, 0.2) is 0 Å². The third-order valence-electron chi connectivity index (χ3n) is 5.47. The van der Waals surface area contributed by atoms with Gasteiger partial charge in [0, 0.05) is 25.4 Å². The van der Waals surface area contributed by atoms with Crippen molar-refractivity contribution in [3.63, 3.8) is 0 Å². The van der Waals surface area contributed by atoms with Crippen LogP contribution in [0.3, 0.4) is 0 Å². The van der Waals surface area contributed by atoms with Crippen molar-refractivity contribution >= 4 is 5.91 Å². The predicted molar refractivity (Wildman–Crippen MR) is 70.1 cm³/mol. The van der Waals surface area contributed by atoms with Crippen LogP contribution in [0.15, 0.2) is 0 Å². The number of rotatable bonds is 2. The van der Waals surface area contributed by atoms with Crippen LogP contribution in [-0.2, 0) is 4.79 Å². The molecule has 0 aromatic heterocycles. The van der Waals surface area contributed by atoms with Gasteiger partial charge in [0.25, 0.3) is 0 Å². The number of aliphatic hydroxyl groups is 1. The van der Waals surface area contributed by atoms with E-state index in [0.717, 1.165) is 45.2 Å². The fraction of sp³-hybridized carbons (Fsp3) is 0.933. The van der Waals surface area contributed by atoms with Gasteiger partial charge in [-0.3, -0.25) is 4.79 Å². The summed E-state index contributed by atoms with van der Waals surface area (Å²) < 4.78 is 0. The third kappa shape index (κ3) is 2.29. The Morgan fingerprint density at radius 1 is 1.17 bits per heavy atom. The van der Waals surface area contributed by atoms with E-state index in [9.17, 15) is 9.90 Å². The zero-order chi connectivity index (χ0) is 12.6. The maximum atomic E-state index is 12.2. The largest absolute Gasteiger partial charge is 0.389 e.